The van der Waals surface area contributed by atoms with Crippen LogP contribution in [0.25, 0.3) is 10.8 Å². The molecule has 2 unspecified atom stereocenters. The zero-order valence-corrected chi connectivity index (χ0v) is 29.8. The molecule has 46 heavy (non-hydrogen) atoms. The number of nitrogens with zero attached hydrogens (tertiary/aromatic N) is 1. The predicted molar refractivity (Wildman–Crippen MR) is 195 cm³/mol. The van der Waals surface area contributed by atoms with Crippen molar-refractivity contribution in [1.29, 1.82) is 0 Å². The van der Waals surface area contributed by atoms with Gasteiger partial charge in [-0.15, -0.1) is 11.8 Å². The van der Waals surface area contributed by atoms with Crippen LogP contribution in [-0.2, 0) is 29.1 Å². The molecule has 10 heteroatoms. The first-order valence-corrected chi connectivity index (χ1v) is 20.1. The molecular formula is C36H34INO5S3. The number of fused-ring (bicyclic) bond motifs is 1. The number of sulfonamides is 1. The Labute approximate surface area is 289 Å². The van der Waals surface area contributed by atoms with Gasteiger partial charge in [0.1, 0.15) is 0 Å². The van der Waals surface area contributed by atoms with Crippen LogP contribution >= 0.6 is 34.4 Å². The fourth-order valence-corrected chi connectivity index (χ4v) is 12.4. The molecule has 0 amide bonds. The minimum absolute atomic E-state index is 0.121. The molecule has 238 valence electrons. The Morgan fingerprint density at radius 3 is 1.78 bits per heavy atom. The van der Waals surface area contributed by atoms with Gasteiger partial charge in [0, 0.05) is 18.2 Å². The van der Waals surface area contributed by atoms with E-state index in [1.807, 2.05) is 84.9 Å². The fraction of sp³-hybridized carbons (Fsp3) is 0.222. The van der Waals surface area contributed by atoms with Gasteiger partial charge in [0.25, 0.3) is 10.1 Å². The summed E-state index contributed by atoms with van der Waals surface area (Å²) in [7, 11) is -7.68. The lowest BCUT2D eigenvalue weighted by Crippen LogP contribution is -2.43. The van der Waals surface area contributed by atoms with Gasteiger partial charge in [-0.3, -0.25) is 4.18 Å². The van der Waals surface area contributed by atoms with Crippen LogP contribution in [0.4, 0.5) is 0 Å². The quantitative estimate of drug-likeness (QED) is 0.0447. The molecule has 0 N–H and O–H groups in total. The summed E-state index contributed by atoms with van der Waals surface area (Å²) < 4.78 is 58.0. The molecule has 0 saturated carbocycles. The summed E-state index contributed by atoms with van der Waals surface area (Å²) in [6.45, 7) is 0.125. The topological polar surface area (TPSA) is 80.8 Å². The molecular weight excluding hydrogens is 750 g/mol. The normalized spacial score (nSPS) is 19.4. The highest BCUT2D eigenvalue weighted by atomic mass is 127. The van der Waals surface area contributed by atoms with Crippen molar-refractivity contribution in [3.05, 3.63) is 150 Å². The number of thioether (sulfide) groups is 1. The van der Waals surface area contributed by atoms with Gasteiger partial charge in [-0.1, -0.05) is 144 Å². The fourth-order valence-electron chi connectivity index (χ4n) is 6.26. The van der Waals surface area contributed by atoms with Crippen LogP contribution in [0.1, 0.15) is 29.5 Å². The first-order valence-electron chi connectivity index (χ1n) is 14.9. The lowest BCUT2D eigenvalue weighted by atomic mass is 9.84. The average molecular weight is 784 g/mol. The summed E-state index contributed by atoms with van der Waals surface area (Å²) in [6.07, 6.45) is 1.71. The van der Waals surface area contributed by atoms with E-state index >= 15 is 0 Å². The highest BCUT2D eigenvalue weighted by molar-refractivity contribution is 14.1. The van der Waals surface area contributed by atoms with Gasteiger partial charge in [-0.2, -0.15) is 12.7 Å². The van der Waals surface area contributed by atoms with Gasteiger partial charge >= 0.3 is 0 Å². The molecule has 1 heterocycles. The monoisotopic (exact) mass is 783 g/mol. The zero-order valence-electron chi connectivity index (χ0n) is 25.2. The van der Waals surface area contributed by atoms with Crippen LogP contribution in [0.15, 0.2) is 138 Å². The maximum absolute atomic E-state index is 14.5. The molecule has 0 spiro atoms. The van der Waals surface area contributed by atoms with Crippen LogP contribution in [0.5, 0.6) is 0 Å². The van der Waals surface area contributed by atoms with E-state index in [-0.39, 0.29) is 29.7 Å². The van der Waals surface area contributed by atoms with Crippen molar-refractivity contribution in [3.63, 3.8) is 0 Å². The second-order valence-electron chi connectivity index (χ2n) is 11.5. The van der Waals surface area contributed by atoms with Gasteiger partial charge in [0.05, 0.1) is 26.1 Å². The van der Waals surface area contributed by atoms with E-state index in [0.29, 0.717) is 6.42 Å². The molecule has 1 aliphatic heterocycles. The number of benzene rings is 5. The molecule has 5 aromatic carbocycles. The zero-order chi connectivity index (χ0) is 32.4. The van der Waals surface area contributed by atoms with Crippen molar-refractivity contribution in [1.82, 2.24) is 4.31 Å². The summed E-state index contributed by atoms with van der Waals surface area (Å²) in [4.78, 5) is 0.211. The van der Waals surface area contributed by atoms with Crippen LogP contribution in [0.2, 0.25) is 0 Å². The third-order valence-corrected chi connectivity index (χ3v) is 14.5. The predicted octanol–water partition coefficient (Wildman–Crippen LogP) is 7.83. The van der Waals surface area contributed by atoms with E-state index in [9.17, 15) is 16.8 Å². The molecule has 0 aromatic heterocycles. The van der Waals surface area contributed by atoms with Gasteiger partial charge in [-0.25, -0.2) is 8.42 Å². The maximum atomic E-state index is 14.5. The Balaban J connectivity index is 1.45. The number of hydrogen-bond donors (Lipinski definition) is 0. The maximum Gasteiger partial charge on any atom is 0.264 e. The molecule has 0 bridgehead atoms. The molecule has 6 nitrogen and oxygen atoms in total. The van der Waals surface area contributed by atoms with Crippen molar-refractivity contribution in [2.75, 3.05) is 19.4 Å². The first kappa shape index (κ1) is 33.2. The smallest absolute Gasteiger partial charge is 0.264 e. The number of rotatable bonds is 11. The third-order valence-electron chi connectivity index (χ3n) is 8.33. The Hall–Kier alpha value is -2.74. The Kier molecular flexibility index (Phi) is 9.67. The minimum Gasteiger partial charge on any atom is -0.270 e. The van der Waals surface area contributed by atoms with Crippen molar-refractivity contribution in [2.24, 2.45) is 0 Å². The van der Waals surface area contributed by atoms with E-state index in [4.69, 9.17) is 4.18 Å². The SMILES string of the molecule is CS(=O)(=O)OCCC1(I)CC(SC(c2ccccc2)(c2ccccc2)c2ccccc2)CN1S(=O)(=O)c1ccc2ccccc2c1. The highest BCUT2D eigenvalue weighted by Crippen LogP contribution is 2.55. The summed E-state index contributed by atoms with van der Waals surface area (Å²) in [5, 5.41) is 1.65. The van der Waals surface area contributed by atoms with Crippen LogP contribution in [0, 0.1) is 0 Å². The van der Waals surface area contributed by atoms with Crippen LogP contribution in [-0.4, -0.2) is 49.3 Å². The minimum atomic E-state index is -3.98. The number of hydrogen-bond acceptors (Lipinski definition) is 6. The lowest BCUT2D eigenvalue weighted by Gasteiger charge is -2.37. The Morgan fingerprint density at radius 2 is 1.26 bits per heavy atom. The molecule has 0 radical (unpaired) electrons. The van der Waals surface area contributed by atoms with E-state index < -0.39 is 28.4 Å². The van der Waals surface area contributed by atoms with E-state index in [1.54, 1.807) is 28.2 Å². The second kappa shape index (κ2) is 13.4. The summed E-state index contributed by atoms with van der Waals surface area (Å²) >= 11 is 3.97. The number of alkyl halides is 1. The molecule has 1 saturated heterocycles. The lowest BCUT2D eigenvalue weighted by molar-refractivity contribution is 0.261. The Bertz CT molecular complexity index is 1930. The second-order valence-corrected chi connectivity index (χ2v) is 18.5. The van der Waals surface area contributed by atoms with Gasteiger partial charge in [0.15, 0.2) is 0 Å². The molecule has 1 aliphatic rings. The van der Waals surface area contributed by atoms with Crippen molar-refractivity contribution in [3.8, 4) is 0 Å². The van der Waals surface area contributed by atoms with E-state index in [1.165, 1.54) is 0 Å². The standard InChI is InChI=1S/C36H34INO5S3/c1-45(39,40)43-24-23-35(37)26-33(27-38(35)46(41,42)34-22-21-28-13-11-12-14-29(28)25-34)44-36(30-15-5-2-6-16-30,31-17-7-3-8-18-31)32-19-9-4-10-20-32/h2-22,25,33H,23-24,26-27H2,1H3. The van der Waals surface area contributed by atoms with Gasteiger partial charge < -0.3 is 0 Å². The van der Waals surface area contributed by atoms with Crippen molar-refractivity contribution in [2.45, 2.75) is 31.3 Å². The number of halogens is 1. The van der Waals surface area contributed by atoms with Crippen molar-refractivity contribution >= 4 is 65.3 Å². The average Bonchev–Trinajstić information content (AvgIpc) is 3.40. The summed E-state index contributed by atoms with van der Waals surface area (Å²) in [6, 6.07) is 43.9. The van der Waals surface area contributed by atoms with Gasteiger partial charge in [0.2, 0.25) is 10.0 Å². The van der Waals surface area contributed by atoms with Gasteiger partial charge in [-0.05, 0) is 46.0 Å². The van der Waals surface area contributed by atoms with Crippen LogP contribution < -0.4 is 0 Å². The molecule has 2 atom stereocenters. The van der Waals surface area contributed by atoms with Crippen molar-refractivity contribution < 1.29 is 21.0 Å². The first-order chi connectivity index (χ1) is 22.0. The largest absolute Gasteiger partial charge is 0.270 e. The molecule has 0 aliphatic carbocycles. The summed E-state index contributed by atoms with van der Waals surface area (Å²) in [5.74, 6) is 0. The molecule has 1 fully saturated rings. The van der Waals surface area contributed by atoms with E-state index in [2.05, 4.69) is 59.0 Å². The molecule has 6 rings (SSSR count). The van der Waals surface area contributed by atoms with Crippen LogP contribution in [0.3, 0.4) is 0 Å². The summed E-state index contributed by atoms with van der Waals surface area (Å²) in [5.41, 5.74) is 3.27. The van der Waals surface area contributed by atoms with E-state index in [0.717, 1.165) is 33.7 Å². The highest BCUT2D eigenvalue weighted by Gasteiger charge is 2.52. The Morgan fingerprint density at radius 1 is 0.761 bits per heavy atom. The third kappa shape index (κ3) is 6.79. The molecule has 5 aromatic rings.